The van der Waals surface area contributed by atoms with Crippen molar-refractivity contribution in [3.05, 3.63) is 0 Å². The van der Waals surface area contributed by atoms with Gasteiger partial charge in [-0.3, -0.25) is 9.59 Å². The molecule has 31 heavy (non-hydrogen) atoms. The first-order chi connectivity index (χ1) is 15.2. The largest absolute Gasteiger partial charge is 0.391 e. The summed E-state index contributed by atoms with van der Waals surface area (Å²) in [5, 5.41) is 0. The van der Waals surface area contributed by atoms with Crippen molar-refractivity contribution in [2.24, 2.45) is 11.3 Å². The highest BCUT2D eigenvalue weighted by Crippen LogP contribution is 2.50. The Labute approximate surface area is 192 Å². The van der Waals surface area contributed by atoms with Gasteiger partial charge in [0, 0.05) is 0 Å². The van der Waals surface area contributed by atoms with Crippen LogP contribution < -0.4 is 0 Å². The van der Waals surface area contributed by atoms with Crippen LogP contribution in [0.3, 0.4) is 0 Å². The summed E-state index contributed by atoms with van der Waals surface area (Å²) in [4.78, 5) is 24.0. The summed E-state index contributed by atoms with van der Waals surface area (Å²) in [5.74, 6) is -0.217. The normalized spacial score (nSPS) is 20.1. The van der Waals surface area contributed by atoms with Gasteiger partial charge in [-0.2, -0.15) is 0 Å². The zero-order valence-electron chi connectivity index (χ0n) is 20.6. The van der Waals surface area contributed by atoms with Gasteiger partial charge in [0.2, 0.25) is 0 Å². The van der Waals surface area contributed by atoms with Gasteiger partial charge in [0.1, 0.15) is 0 Å². The lowest BCUT2D eigenvalue weighted by atomic mass is 9.62. The van der Waals surface area contributed by atoms with Crippen LogP contribution in [0.25, 0.3) is 0 Å². The Balaban J connectivity index is 1.33. The minimum absolute atomic E-state index is 0.232. The fourth-order valence-electron chi connectivity index (χ4n) is 5.77. The molecular formula is C28H50O3. The Kier molecular flexibility index (Phi) is 13.5. The summed E-state index contributed by atoms with van der Waals surface area (Å²) in [6.45, 7) is 2.29. The zero-order valence-corrected chi connectivity index (χ0v) is 20.6. The second kappa shape index (κ2) is 15.9. The number of hydrogen-bond acceptors (Lipinski definition) is 3. The minimum atomic E-state index is -0.729. The Morgan fingerprint density at radius 2 is 1.06 bits per heavy atom. The van der Waals surface area contributed by atoms with Crippen LogP contribution in [-0.4, -0.2) is 11.9 Å². The zero-order chi connectivity index (χ0) is 22.2. The SMILES string of the molecule is CCCCCCCCCCCCCCCCCCCCC1CCCCC12C(=O)OC2=O. The van der Waals surface area contributed by atoms with Crippen molar-refractivity contribution >= 4 is 11.9 Å². The van der Waals surface area contributed by atoms with E-state index in [9.17, 15) is 9.59 Å². The van der Waals surface area contributed by atoms with Crippen LogP contribution in [-0.2, 0) is 14.3 Å². The Bertz CT molecular complexity index is 484. The van der Waals surface area contributed by atoms with E-state index in [4.69, 9.17) is 4.74 Å². The predicted molar refractivity (Wildman–Crippen MR) is 129 cm³/mol. The number of hydrogen-bond donors (Lipinski definition) is 0. The first kappa shape index (κ1) is 26.4. The molecule has 3 nitrogen and oxygen atoms in total. The molecule has 1 unspecified atom stereocenters. The van der Waals surface area contributed by atoms with Gasteiger partial charge in [-0.25, -0.2) is 0 Å². The average Bonchev–Trinajstić information content (AvgIpc) is 2.78. The third-order valence-corrected chi connectivity index (χ3v) is 7.89. The van der Waals surface area contributed by atoms with E-state index < -0.39 is 5.41 Å². The van der Waals surface area contributed by atoms with Gasteiger partial charge in [-0.1, -0.05) is 135 Å². The van der Waals surface area contributed by atoms with Crippen LogP contribution in [0.2, 0.25) is 0 Å². The van der Waals surface area contributed by atoms with E-state index in [1.54, 1.807) is 0 Å². The van der Waals surface area contributed by atoms with Gasteiger partial charge < -0.3 is 4.74 Å². The van der Waals surface area contributed by atoms with Crippen molar-refractivity contribution in [2.75, 3.05) is 0 Å². The van der Waals surface area contributed by atoms with Gasteiger partial charge in [0.05, 0.1) is 0 Å². The molecule has 0 N–H and O–H groups in total. The Hall–Kier alpha value is -0.860. The van der Waals surface area contributed by atoms with E-state index in [1.165, 1.54) is 109 Å². The van der Waals surface area contributed by atoms with Crippen molar-refractivity contribution in [2.45, 2.75) is 155 Å². The number of esters is 2. The molecule has 1 saturated heterocycles. The van der Waals surface area contributed by atoms with Crippen molar-refractivity contribution in [3.63, 3.8) is 0 Å². The highest BCUT2D eigenvalue weighted by atomic mass is 16.6. The minimum Gasteiger partial charge on any atom is -0.391 e. The lowest BCUT2D eigenvalue weighted by molar-refractivity contribution is -0.206. The summed E-state index contributed by atoms with van der Waals surface area (Å²) in [6, 6.07) is 0. The van der Waals surface area contributed by atoms with E-state index in [0.717, 1.165) is 38.5 Å². The quantitative estimate of drug-likeness (QED) is 0.116. The maximum Gasteiger partial charge on any atom is 0.331 e. The number of cyclic esters (lactones) is 2. The van der Waals surface area contributed by atoms with Crippen molar-refractivity contribution in [1.29, 1.82) is 0 Å². The van der Waals surface area contributed by atoms with Crippen LogP contribution in [0.1, 0.15) is 155 Å². The Morgan fingerprint density at radius 3 is 1.48 bits per heavy atom. The molecule has 180 valence electrons. The van der Waals surface area contributed by atoms with E-state index >= 15 is 0 Å². The maximum atomic E-state index is 12.0. The lowest BCUT2D eigenvalue weighted by Gasteiger charge is -2.45. The number of rotatable bonds is 19. The highest BCUT2D eigenvalue weighted by Gasteiger charge is 2.63. The lowest BCUT2D eigenvalue weighted by Crippen LogP contribution is -2.58. The van der Waals surface area contributed by atoms with Gasteiger partial charge >= 0.3 is 11.9 Å². The standard InChI is InChI=1S/C28H50O3/c1-2-3-4-5-6-7-8-9-10-11-12-13-14-15-16-17-18-19-22-25-23-20-21-24-28(25)26(29)31-27(28)30/h25H,2-24H2,1H3. The first-order valence-electron chi connectivity index (χ1n) is 14.0. The topological polar surface area (TPSA) is 43.4 Å². The summed E-state index contributed by atoms with van der Waals surface area (Å²) >= 11 is 0. The van der Waals surface area contributed by atoms with E-state index in [0.29, 0.717) is 0 Å². The van der Waals surface area contributed by atoms with Crippen molar-refractivity contribution in [3.8, 4) is 0 Å². The summed E-state index contributed by atoms with van der Waals surface area (Å²) < 4.78 is 4.73. The molecule has 0 aromatic heterocycles. The molecule has 0 aromatic rings. The van der Waals surface area contributed by atoms with Gasteiger partial charge in [-0.15, -0.1) is 0 Å². The molecule has 1 saturated carbocycles. The third kappa shape index (κ3) is 8.89. The molecule has 1 spiro atoms. The number of carbonyl (C=O) groups excluding carboxylic acids is 2. The second-order valence-corrected chi connectivity index (χ2v) is 10.4. The molecule has 2 aliphatic rings. The summed E-state index contributed by atoms with van der Waals surface area (Å²) in [5.41, 5.74) is -0.729. The number of unbranched alkanes of at least 4 members (excludes halogenated alkanes) is 17. The maximum absolute atomic E-state index is 12.0. The van der Waals surface area contributed by atoms with Gasteiger partial charge in [0.15, 0.2) is 5.41 Å². The molecule has 1 aliphatic carbocycles. The van der Waals surface area contributed by atoms with Crippen molar-refractivity contribution in [1.82, 2.24) is 0 Å². The summed E-state index contributed by atoms with van der Waals surface area (Å²) in [6.07, 6.45) is 29.9. The molecule has 2 fully saturated rings. The number of ether oxygens (including phenoxy) is 1. The van der Waals surface area contributed by atoms with Crippen LogP contribution >= 0.6 is 0 Å². The van der Waals surface area contributed by atoms with Crippen molar-refractivity contribution < 1.29 is 14.3 Å². The monoisotopic (exact) mass is 434 g/mol. The van der Waals surface area contributed by atoms with Crippen LogP contribution in [0, 0.1) is 11.3 Å². The number of carbonyl (C=O) groups is 2. The molecule has 1 heterocycles. The van der Waals surface area contributed by atoms with E-state index in [-0.39, 0.29) is 17.9 Å². The molecular weight excluding hydrogens is 384 g/mol. The van der Waals surface area contributed by atoms with Crippen LogP contribution in [0.5, 0.6) is 0 Å². The molecule has 2 rings (SSSR count). The molecule has 0 radical (unpaired) electrons. The fraction of sp³-hybridized carbons (Fsp3) is 0.929. The Morgan fingerprint density at radius 1 is 0.645 bits per heavy atom. The smallest absolute Gasteiger partial charge is 0.331 e. The molecule has 3 heteroatoms. The molecule has 0 bridgehead atoms. The molecule has 0 amide bonds. The molecule has 1 atom stereocenters. The highest BCUT2D eigenvalue weighted by molar-refractivity contribution is 6.14. The fourth-order valence-corrected chi connectivity index (χ4v) is 5.77. The third-order valence-electron chi connectivity index (χ3n) is 7.89. The van der Waals surface area contributed by atoms with Gasteiger partial charge in [0.25, 0.3) is 0 Å². The van der Waals surface area contributed by atoms with Crippen LogP contribution in [0.15, 0.2) is 0 Å². The second-order valence-electron chi connectivity index (χ2n) is 10.4. The molecule has 1 aliphatic heterocycles. The van der Waals surface area contributed by atoms with Crippen LogP contribution in [0.4, 0.5) is 0 Å². The van der Waals surface area contributed by atoms with Gasteiger partial charge in [-0.05, 0) is 25.2 Å². The van der Waals surface area contributed by atoms with E-state index in [2.05, 4.69) is 6.92 Å². The molecule has 0 aromatic carbocycles. The first-order valence-corrected chi connectivity index (χ1v) is 14.0. The summed E-state index contributed by atoms with van der Waals surface area (Å²) in [7, 11) is 0. The predicted octanol–water partition coefficient (Wildman–Crippen LogP) is 8.68. The van der Waals surface area contributed by atoms with E-state index in [1.807, 2.05) is 0 Å². The average molecular weight is 435 g/mol.